The molecule has 192 valence electrons. The average molecular weight is 522 g/mol. The van der Waals surface area contributed by atoms with E-state index in [1.807, 2.05) is 41.3 Å². The van der Waals surface area contributed by atoms with Gasteiger partial charge in [0.2, 0.25) is 5.91 Å². The van der Waals surface area contributed by atoms with Gasteiger partial charge < -0.3 is 20.3 Å². The van der Waals surface area contributed by atoms with Gasteiger partial charge in [0.1, 0.15) is 5.75 Å². The van der Waals surface area contributed by atoms with E-state index in [1.165, 1.54) is 6.26 Å². The van der Waals surface area contributed by atoms with Crippen LogP contribution in [0, 0.1) is 5.41 Å². The second-order valence-electron chi connectivity index (χ2n) is 9.65. The van der Waals surface area contributed by atoms with Crippen molar-refractivity contribution < 1.29 is 17.9 Å². The molecule has 2 aromatic carbocycles. The van der Waals surface area contributed by atoms with Gasteiger partial charge in [0, 0.05) is 31.0 Å². The number of methoxy groups -OCH3 is 1. The molecule has 0 saturated carbocycles. The second kappa shape index (κ2) is 11.3. The van der Waals surface area contributed by atoms with Crippen LogP contribution < -0.4 is 10.5 Å². The first-order valence-electron chi connectivity index (χ1n) is 11.9. The summed E-state index contributed by atoms with van der Waals surface area (Å²) in [6.07, 6.45) is 4.69. The summed E-state index contributed by atoms with van der Waals surface area (Å²) >= 11 is 0. The first-order valence-corrected chi connectivity index (χ1v) is 13.8. The molecule has 2 N–H and O–H groups in total. The molecule has 0 aliphatic carbocycles. The standard InChI is InChI=1S/C26H35N3O4S.ClH/c1-33-24-6-4-3-5-22(24)23(27)11-15-28-16-12-26(13-17-28)14-18-29(25(26)30)19-20-7-9-21(10-8-20)34(2,31)32;/h3-10,23H,11-19,27H2,1-2H3;1H. The molecule has 1 unspecified atom stereocenters. The number of likely N-dealkylation sites (tertiary alicyclic amines) is 2. The van der Waals surface area contributed by atoms with Crippen LogP contribution in [0.3, 0.4) is 0 Å². The topological polar surface area (TPSA) is 92.9 Å². The number of piperidine rings is 1. The van der Waals surface area contributed by atoms with Gasteiger partial charge in [0.05, 0.1) is 17.4 Å². The number of benzene rings is 2. The Morgan fingerprint density at radius 3 is 2.29 bits per heavy atom. The molecule has 2 aliphatic heterocycles. The molecule has 2 saturated heterocycles. The van der Waals surface area contributed by atoms with Crippen LogP contribution in [0.5, 0.6) is 5.75 Å². The Hall–Kier alpha value is -2.13. The second-order valence-corrected chi connectivity index (χ2v) is 11.7. The highest BCUT2D eigenvalue weighted by molar-refractivity contribution is 7.90. The maximum Gasteiger partial charge on any atom is 0.229 e. The lowest BCUT2D eigenvalue weighted by atomic mass is 9.77. The van der Waals surface area contributed by atoms with Gasteiger partial charge in [-0.1, -0.05) is 30.3 Å². The fraction of sp³-hybridized carbons (Fsp3) is 0.500. The number of carbonyl (C=O) groups is 1. The van der Waals surface area contributed by atoms with Gasteiger partial charge in [0.15, 0.2) is 9.84 Å². The summed E-state index contributed by atoms with van der Waals surface area (Å²) in [7, 11) is -1.55. The monoisotopic (exact) mass is 521 g/mol. The van der Waals surface area contributed by atoms with Crippen LogP contribution in [-0.2, 0) is 21.2 Å². The van der Waals surface area contributed by atoms with Gasteiger partial charge >= 0.3 is 0 Å². The zero-order valence-corrected chi connectivity index (χ0v) is 22.1. The van der Waals surface area contributed by atoms with Crippen LogP contribution in [0.15, 0.2) is 53.4 Å². The number of para-hydroxylation sites is 1. The number of hydrogen-bond donors (Lipinski definition) is 1. The number of nitrogens with two attached hydrogens (primary N) is 1. The van der Waals surface area contributed by atoms with Crippen molar-refractivity contribution in [2.24, 2.45) is 11.1 Å². The molecule has 35 heavy (non-hydrogen) atoms. The number of nitrogens with zero attached hydrogens (tertiary/aromatic N) is 2. The first-order chi connectivity index (χ1) is 16.2. The van der Waals surface area contributed by atoms with Gasteiger partial charge in [-0.25, -0.2) is 8.42 Å². The molecule has 1 atom stereocenters. The molecule has 0 radical (unpaired) electrons. The first kappa shape index (κ1) is 27.5. The molecule has 1 amide bonds. The minimum Gasteiger partial charge on any atom is -0.496 e. The van der Waals surface area contributed by atoms with E-state index in [9.17, 15) is 13.2 Å². The normalized spacial score (nSPS) is 18.9. The third-order valence-electron chi connectivity index (χ3n) is 7.43. The van der Waals surface area contributed by atoms with E-state index in [4.69, 9.17) is 10.5 Å². The van der Waals surface area contributed by atoms with Crippen molar-refractivity contribution >= 4 is 28.2 Å². The minimum absolute atomic E-state index is 0. The van der Waals surface area contributed by atoms with E-state index in [-0.39, 0.29) is 29.8 Å². The summed E-state index contributed by atoms with van der Waals surface area (Å²) in [6, 6.07) is 14.7. The smallest absolute Gasteiger partial charge is 0.229 e. The van der Waals surface area contributed by atoms with Gasteiger partial charge in [-0.15, -0.1) is 12.4 Å². The summed E-state index contributed by atoms with van der Waals surface area (Å²) < 4.78 is 28.8. The van der Waals surface area contributed by atoms with Gasteiger partial charge in [-0.3, -0.25) is 4.79 Å². The Morgan fingerprint density at radius 1 is 1.03 bits per heavy atom. The largest absolute Gasteiger partial charge is 0.496 e. The zero-order valence-electron chi connectivity index (χ0n) is 20.5. The van der Waals surface area contributed by atoms with Crippen LogP contribution in [0.25, 0.3) is 0 Å². The van der Waals surface area contributed by atoms with Gasteiger partial charge in [-0.05, 0) is 69.1 Å². The quantitative estimate of drug-likeness (QED) is 0.572. The maximum absolute atomic E-state index is 13.3. The molecule has 2 fully saturated rings. The van der Waals surface area contributed by atoms with Crippen LogP contribution in [-0.4, -0.2) is 63.7 Å². The molecule has 9 heteroatoms. The van der Waals surface area contributed by atoms with Crippen molar-refractivity contribution in [2.75, 3.05) is 39.5 Å². The Labute approximate surface area is 214 Å². The Morgan fingerprint density at radius 2 is 1.66 bits per heavy atom. The highest BCUT2D eigenvalue weighted by Gasteiger charge is 2.47. The molecule has 7 nitrogen and oxygen atoms in total. The predicted molar refractivity (Wildman–Crippen MR) is 139 cm³/mol. The fourth-order valence-electron chi connectivity index (χ4n) is 5.22. The fourth-order valence-corrected chi connectivity index (χ4v) is 5.86. The number of hydrogen-bond acceptors (Lipinski definition) is 6. The van der Waals surface area contributed by atoms with Crippen molar-refractivity contribution in [2.45, 2.75) is 43.2 Å². The summed E-state index contributed by atoms with van der Waals surface area (Å²) in [6.45, 7) is 4.00. The minimum atomic E-state index is -3.21. The Bertz CT molecular complexity index is 1120. The average Bonchev–Trinajstić information content (AvgIpc) is 3.13. The summed E-state index contributed by atoms with van der Waals surface area (Å²) in [5.74, 6) is 1.07. The number of halogens is 1. The van der Waals surface area contributed by atoms with Crippen LogP contribution >= 0.6 is 12.4 Å². The number of rotatable bonds is 8. The molecule has 0 bridgehead atoms. The van der Waals surface area contributed by atoms with Gasteiger partial charge in [-0.2, -0.15) is 0 Å². The van der Waals surface area contributed by atoms with Crippen LogP contribution in [0.1, 0.15) is 42.9 Å². The maximum atomic E-state index is 13.3. The van der Waals surface area contributed by atoms with E-state index >= 15 is 0 Å². The van der Waals surface area contributed by atoms with Crippen molar-refractivity contribution in [1.82, 2.24) is 9.80 Å². The summed E-state index contributed by atoms with van der Waals surface area (Å²) in [4.78, 5) is 18.0. The summed E-state index contributed by atoms with van der Waals surface area (Å²) in [5, 5.41) is 0. The van der Waals surface area contributed by atoms with Crippen molar-refractivity contribution in [1.29, 1.82) is 0 Å². The van der Waals surface area contributed by atoms with Crippen molar-refractivity contribution in [3.8, 4) is 5.75 Å². The van der Waals surface area contributed by atoms with E-state index in [0.717, 1.165) is 68.7 Å². The lowest BCUT2D eigenvalue weighted by Crippen LogP contribution is -2.45. The molecule has 2 aliphatic rings. The van der Waals surface area contributed by atoms with E-state index < -0.39 is 9.84 Å². The lowest BCUT2D eigenvalue weighted by Gasteiger charge is -2.38. The highest BCUT2D eigenvalue weighted by Crippen LogP contribution is 2.42. The van der Waals surface area contributed by atoms with Crippen molar-refractivity contribution in [3.63, 3.8) is 0 Å². The number of amides is 1. The third-order valence-corrected chi connectivity index (χ3v) is 8.56. The Kier molecular flexibility index (Phi) is 8.86. The molecule has 2 aromatic rings. The zero-order chi connectivity index (χ0) is 24.3. The lowest BCUT2D eigenvalue weighted by molar-refractivity contribution is -0.138. The Balaban J connectivity index is 0.00000342. The van der Waals surface area contributed by atoms with E-state index in [0.29, 0.717) is 11.4 Å². The highest BCUT2D eigenvalue weighted by atomic mass is 35.5. The number of carbonyl (C=O) groups excluding carboxylic acids is 1. The van der Waals surface area contributed by atoms with Crippen LogP contribution in [0.4, 0.5) is 0 Å². The van der Waals surface area contributed by atoms with E-state index in [1.54, 1.807) is 19.2 Å². The van der Waals surface area contributed by atoms with Gasteiger partial charge in [0.25, 0.3) is 0 Å². The molecule has 1 spiro atoms. The third kappa shape index (κ3) is 6.17. The van der Waals surface area contributed by atoms with Crippen molar-refractivity contribution in [3.05, 3.63) is 59.7 Å². The molecule has 4 rings (SSSR count). The number of ether oxygens (including phenoxy) is 1. The SMILES string of the molecule is COc1ccccc1C(N)CCN1CCC2(CC1)CCN(Cc1ccc(S(C)(=O)=O)cc1)C2=O.Cl. The number of sulfone groups is 1. The molecule has 0 aromatic heterocycles. The molecule has 2 heterocycles. The predicted octanol–water partition coefficient (Wildman–Crippen LogP) is 3.43. The van der Waals surface area contributed by atoms with Crippen LogP contribution in [0.2, 0.25) is 0 Å². The summed E-state index contributed by atoms with van der Waals surface area (Å²) in [5.41, 5.74) is 8.18. The molecular weight excluding hydrogens is 486 g/mol. The van der Waals surface area contributed by atoms with E-state index in [2.05, 4.69) is 4.90 Å². The molecular formula is C26H36ClN3O4S.